The van der Waals surface area contributed by atoms with Gasteiger partial charge in [0.25, 0.3) is 5.56 Å². The second-order valence-corrected chi connectivity index (χ2v) is 9.43. The summed E-state index contributed by atoms with van der Waals surface area (Å²) < 4.78 is 38.6. The van der Waals surface area contributed by atoms with E-state index in [2.05, 4.69) is 15.3 Å². The zero-order valence-electron chi connectivity index (χ0n) is 15.5. The minimum atomic E-state index is -4.12. The molecule has 156 valence electrons. The minimum Gasteiger partial charge on any atom is -0.325 e. The van der Waals surface area contributed by atoms with E-state index in [9.17, 15) is 22.4 Å². The number of aromatic nitrogens is 2. The number of anilines is 1. The lowest BCUT2D eigenvalue weighted by Gasteiger charge is -2.07. The van der Waals surface area contributed by atoms with Gasteiger partial charge < -0.3 is 10.3 Å². The molecule has 7 nitrogen and oxygen atoms in total. The Morgan fingerprint density at radius 1 is 1.27 bits per heavy atom. The highest BCUT2D eigenvalue weighted by atomic mass is 35.5. The molecule has 3 aromatic rings. The van der Waals surface area contributed by atoms with Gasteiger partial charge in [0.1, 0.15) is 5.82 Å². The molecule has 0 atom stereocenters. The van der Waals surface area contributed by atoms with Crippen LogP contribution in [0.1, 0.15) is 5.56 Å². The van der Waals surface area contributed by atoms with Crippen LogP contribution in [0.25, 0.3) is 0 Å². The number of nitrogens with one attached hydrogen (secondary N) is 2. The van der Waals surface area contributed by atoms with Crippen molar-refractivity contribution in [2.45, 2.75) is 21.9 Å². The fourth-order valence-corrected chi connectivity index (χ4v) is 4.53. The number of hydrogen-bond donors (Lipinski definition) is 2. The summed E-state index contributed by atoms with van der Waals surface area (Å²) in [6.45, 7) is 1.73. The van der Waals surface area contributed by atoms with Gasteiger partial charge in [0.15, 0.2) is 10.1 Å². The molecule has 11 heteroatoms. The van der Waals surface area contributed by atoms with Crippen LogP contribution in [0, 0.1) is 12.7 Å². The monoisotopic (exact) mass is 467 g/mol. The fourth-order valence-electron chi connectivity index (χ4n) is 2.40. The summed E-state index contributed by atoms with van der Waals surface area (Å²) in [7, 11) is -4.12. The Morgan fingerprint density at radius 2 is 2.03 bits per heavy atom. The molecule has 2 aromatic carbocycles. The first kappa shape index (κ1) is 22.0. The maximum absolute atomic E-state index is 13.1. The second kappa shape index (κ2) is 8.99. The van der Waals surface area contributed by atoms with E-state index in [0.29, 0.717) is 11.3 Å². The number of amides is 1. The Morgan fingerprint density at radius 3 is 2.70 bits per heavy atom. The van der Waals surface area contributed by atoms with Gasteiger partial charge in [0, 0.05) is 10.7 Å². The largest absolute Gasteiger partial charge is 0.325 e. The van der Waals surface area contributed by atoms with Crippen LogP contribution in [-0.4, -0.2) is 30.0 Å². The molecule has 3 rings (SSSR count). The molecular weight excluding hydrogens is 453 g/mol. The summed E-state index contributed by atoms with van der Waals surface area (Å²) in [4.78, 5) is 29.9. The third-order valence-corrected chi connectivity index (χ3v) is 6.97. The molecule has 0 bridgehead atoms. The third kappa shape index (κ3) is 5.07. The number of aromatic amines is 1. The Balaban J connectivity index is 1.72. The number of carbonyl (C=O) groups is 1. The number of aryl methyl sites for hydroxylation is 1. The summed E-state index contributed by atoms with van der Waals surface area (Å²) in [5.74, 6) is -1.06. The first-order valence-electron chi connectivity index (χ1n) is 8.45. The van der Waals surface area contributed by atoms with E-state index in [1.54, 1.807) is 6.92 Å². The molecule has 1 amide bonds. The van der Waals surface area contributed by atoms with Gasteiger partial charge in [-0.1, -0.05) is 35.5 Å². The quantitative estimate of drug-likeness (QED) is 0.424. The Kier molecular flexibility index (Phi) is 6.59. The van der Waals surface area contributed by atoms with E-state index in [-0.39, 0.29) is 20.8 Å². The van der Waals surface area contributed by atoms with Crippen LogP contribution in [0.2, 0.25) is 5.02 Å². The lowest BCUT2D eigenvalue weighted by Crippen LogP contribution is -2.20. The van der Waals surface area contributed by atoms with Crippen molar-refractivity contribution in [2.24, 2.45) is 0 Å². The first-order valence-corrected chi connectivity index (χ1v) is 11.3. The highest BCUT2D eigenvalue weighted by Crippen LogP contribution is 2.24. The average Bonchev–Trinajstić information content (AvgIpc) is 2.68. The van der Waals surface area contributed by atoms with Crippen molar-refractivity contribution in [1.29, 1.82) is 0 Å². The lowest BCUT2D eigenvalue weighted by molar-refractivity contribution is -0.113. The summed E-state index contributed by atoms with van der Waals surface area (Å²) in [6, 6.07) is 9.57. The SMILES string of the molecule is Cc1ccc(S(=O)(=O)c2cnc(SCC(=O)Nc3cccc(F)c3)[nH]c2=O)cc1Cl. The zero-order chi connectivity index (χ0) is 21.9. The predicted octanol–water partition coefficient (Wildman–Crippen LogP) is 3.43. The molecule has 0 saturated carbocycles. The molecule has 0 saturated heterocycles. The van der Waals surface area contributed by atoms with Gasteiger partial charge in [-0.05, 0) is 42.8 Å². The molecule has 30 heavy (non-hydrogen) atoms. The average molecular weight is 468 g/mol. The number of sulfone groups is 1. The highest BCUT2D eigenvalue weighted by molar-refractivity contribution is 7.99. The topological polar surface area (TPSA) is 109 Å². The highest BCUT2D eigenvalue weighted by Gasteiger charge is 2.23. The van der Waals surface area contributed by atoms with Crippen molar-refractivity contribution < 1.29 is 17.6 Å². The number of rotatable bonds is 6. The molecule has 1 heterocycles. The number of H-pyrrole nitrogens is 1. The number of benzene rings is 2. The molecule has 1 aromatic heterocycles. The fraction of sp³-hybridized carbons (Fsp3) is 0.105. The Labute approximate surface area is 180 Å². The standard InChI is InChI=1S/C19H15ClFN3O4S2/c1-11-5-6-14(8-15(11)20)30(27,28)16-9-22-19(24-18(16)26)29-10-17(25)23-13-4-2-3-12(21)7-13/h2-9H,10H2,1H3,(H,23,25)(H,22,24,26). The second-order valence-electron chi connectivity index (χ2n) is 6.14. The number of hydrogen-bond acceptors (Lipinski definition) is 6. The minimum absolute atomic E-state index is 0.0651. The molecule has 0 aliphatic carbocycles. The summed E-state index contributed by atoms with van der Waals surface area (Å²) in [5, 5.41) is 2.83. The molecular formula is C19H15ClFN3O4S2. The van der Waals surface area contributed by atoms with E-state index in [1.807, 2.05) is 0 Å². The summed E-state index contributed by atoms with van der Waals surface area (Å²) >= 11 is 6.88. The van der Waals surface area contributed by atoms with Gasteiger partial charge in [-0.3, -0.25) is 9.59 Å². The predicted molar refractivity (Wildman–Crippen MR) is 112 cm³/mol. The van der Waals surface area contributed by atoms with E-state index < -0.39 is 32.0 Å². The number of thioether (sulfide) groups is 1. The van der Waals surface area contributed by atoms with Crippen LogP contribution in [0.4, 0.5) is 10.1 Å². The smallest absolute Gasteiger partial charge is 0.270 e. The maximum Gasteiger partial charge on any atom is 0.270 e. The van der Waals surface area contributed by atoms with Crippen molar-refractivity contribution in [2.75, 3.05) is 11.1 Å². The van der Waals surface area contributed by atoms with E-state index in [0.717, 1.165) is 18.0 Å². The van der Waals surface area contributed by atoms with Gasteiger partial charge in [-0.15, -0.1) is 0 Å². The Hall–Kier alpha value is -2.69. The van der Waals surface area contributed by atoms with Crippen LogP contribution in [-0.2, 0) is 14.6 Å². The molecule has 2 N–H and O–H groups in total. The number of halogens is 2. The normalized spacial score (nSPS) is 11.3. The van der Waals surface area contributed by atoms with Crippen molar-refractivity contribution in [3.63, 3.8) is 0 Å². The lowest BCUT2D eigenvalue weighted by atomic mass is 10.2. The van der Waals surface area contributed by atoms with Crippen molar-refractivity contribution in [1.82, 2.24) is 9.97 Å². The molecule has 0 fully saturated rings. The van der Waals surface area contributed by atoms with Gasteiger partial charge in [-0.2, -0.15) is 0 Å². The molecule has 0 unspecified atom stereocenters. The van der Waals surface area contributed by atoms with E-state index >= 15 is 0 Å². The maximum atomic E-state index is 13.1. The number of nitrogens with zero attached hydrogens (tertiary/aromatic N) is 1. The van der Waals surface area contributed by atoms with Crippen LogP contribution < -0.4 is 10.9 Å². The van der Waals surface area contributed by atoms with E-state index in [4.69, 9.17) is 11.6 Å². The molecule has 0 aliphatic rings. The van der Waals surface area contributed by atoms with Crippen molar-refractivity contribution in [3.8, 4) is 0 Å². The van der Waals surface area contributed by atoms with Gasteiger partial charge in [0.05, 0.1) is 16.8 Å². The summed E-state index contributed by atoms with van der Waals surface area (Å²) in [6.07, 6.45) is 0.939. The molecule has 0 spiro atoms. The van der Waals surface area contributed by atoms with Crippen LogP contribution in [0.15, 0.2) is 68.4 Å². The van der Waals surface area contributed by atoms with Crippen LogP contribution >= 0.6 is 23.4 Å². The van der Waals surface area contributed by atoms with Crippen molar-refractivity contribution in [3.05, 3.63) is 75.4 Å². The van der Waals surface area contributed by atoms with Crippen molar-refractivity contribution >= 4 is 44.8 Å². The molecule has 0 radical (unpaired) electrons. The zero-order valence-corrected chi connectivity index (χ0v) is 17.9. The first-order chi connectivity index (χ1) is 14.2. The van der Waals surface area contributed by atoms with Crippen LogP contribution in [0.5, 0.6) is 0 Å². The Bertz CT molecular complexity index is 1280. The van der Waals surface area contributed by atoms with Crippen LogP contribution in [0.3, 0.4) is 0 Å². The number of carbonyl (C=O) groups excluding carboxylic acids is 1. The molecule has 0 aliphatic heterocycles. The van der Waals surface area contributed by atoms with E-state index in [1.165, 1.54) is 42.5 Å². The summed E-state index contributed by atoms with van der Waals surface area (Å²) in [5.41, 5.74) is 0.126. The van der Waals surface area contributed by atoms with Gasteiger partial charge in [-0.25, -0.2) is 17.8 Å². The van der Waals surface area contributed by atoms with Gasteiger partial charge >= 0.3 is 0 Å². The van der Waals surface area contributed by atoms with Gasteiger partial charge in [0.2, 0.25) is 15.7 Å². The third-order valence-electron chi connectivity index (χ3n) is 3.93.